The van der Waals surface area contributed by atoms with E-state index < -0.39 is 23.6 Å². The van der Waals surface area contributed by atoms with Crippen LogP contribution in [0.4, 0.5) is 8.78 Å². The number of nitrogens with zero attached hydrogens (tertiary/aromatic N) is 1. The van der Waals surface area contributed by atoms with Crippen molar-refractivity contribution in [1.29, 1.82) is 0 Å². The molecule has 3 atom stereocenters. The highest BCUT2D eigenvalue weighted by atomic mass is 19.1. The maximum Gasteiger partial charge on any atom is 0.257 e. The van der Waals surface area contributed by atoms with E-state index in [4.69, 9.17) is 0 Å². The van der Waals surface area contributed by atoms with Gasteiger partial charge in [0.05, 0.1) is 5.56 Å². The first kappa shape index (κ1) is 19.7. The zero-order chi connectivity index (χ0) is 19.4. The number of amides is 2. The second-order valence-corrected chi connectivity index (χ2v) is 7.45. The third-order valence-electron chi connectivity index (χ3n) is 5.69. The fourth-order valence-electron chi connectivity index (χ4n) is 4.38. The van der Waals surface area contributed by atoms with Crippen molar-refractivity contribution in [3.05, 3.63) is 35.4 Å². The van der Waals surface area contributed by atoms with Crippen LogP contribution in [-0.4, -0.2) is 48.9 Å². The maximum atomic E-state index is 14.2. The molecule has 3 rings (SSSR count). The highest BCUT2D eigenvalue weighted by Gasteiger charge is 2.47. The summed E-state index contributed by atoms with van der Waals surface area (Å²) >= 11 is 0. The summed E-state index contributed by atoms with van der Waals surface area (Å²) in [5.74, 6) is -2.04. The van der Waals surface area contributed by atoms with Crippen LogP contribution in [-0.2, 0) is 4.79 Å². The van der Waals surface area contributed by atoms with E-state index in [1.807, 2.05) is 7.05 Å². The lowest BCUT2D eigenvalue weighted by molar-refractivity contribution is -0.125. The van der Waals surface area contributed by atoms with Gasteiger partial charge in [0.1, 0.15) is 17.7 Å². The molecule has 1 heterocycles. The lowest BCUT2D eigenvalue weighted by atomic mass is 9.84. The molecule has 1 aliphatic heterocycles. The summed E-state index contributed by atoms with van der Waals surface area (Å²) in [6.45, 7) is 1.32. The Kier molecular flexibility index (Phi) is 6.42. The molecule has 0 aromatic heterocycles. The molecule has 2 fully saturated rings. The summed E-state index contributed by atoms with van der Waals surface area (Å²) in [5, 5.41) is 5.93. The Labute approximate surface area is 158 Å². The molecule has 1 aliphatic carbocycles. The van der Waals surface area contributed by atoms with E-state index in [0.717, 1.165) is 44.7 Å². The minimum absolute atomic E-state index is 0.0521. The lowest BCUT2D eigenvalue weighted by Gasteiger charge is -2.33. The van der Waals surface area contributed by atoms with E-state index in [-0.39, 0.29) is 23.4 Å². The van der Waals surface area contributed by atoms with Crippen LogP contribution in [0.2, 0.25) is 0 Å². The molecule has 0 radical (unpaired) electrons. The Balaban J connectivity index is 1.80. The van der Waals surface area contributed by atoms with Crippen LogP contribution < -0.4 is 10.6 Å². The number of likely N-dealkylation sites (tertiary alicyclic amines) is 1. The first-order chi connectivity index (χ1) is 13.0. The molecule has 5 nitrogen and oxygen atoms in total. The van der Waals surface area contributed by atoms with Gasteiger partial charge >= 0.3 is 0 Å². The van der Waals surface area contributed by atoms with Crippen molar-refractivity contribution in [2.24, 2.45) is 5.92 Å². The molecule has 27 heavy (non-hydrogen) atoms. The summed E-state index contributed by atoms with van der Waals surface area (Å²) in [5.41, 5.74) is -0.171. The molecule has 1 aromatic carbocycles. The predicted octanol–water partition coefficient (Wildman–Crippen LogP) is 2.46. The van der Waals surface area contributed by atoms with Gasteiger partial charge in [-0.3, -0.25) is 9.59 Å². The standard InChI is InChI=1S/C20H27F2N3O2/c1-23-9-4-10-24-19(26)18-11-13-5-2-3-6-17(13)25(18)20(27)15-8-7-14(21)12-16(15)22/h7-8,12-13,17-18,23H,2-6,9-11H2,1H3,(H,24,26). The van der Waals surface area contributed by atoms with E-state index in [9.17, 15) is 18.4 Å². The van der Waals surface area contributed by atoms with Crippen LogP contribution in [0, 0.1) is 17.6 Å². The molecule has 3 unspecified atom stereocenters. The van der Waals surface area contributed by atoms with Crippen LogP contribution >= 0.6 is 0 Å². The number of benzene rings is 1. The van der Waals surface area contributed by atoms with Gasteiger partial charge in [-0.05, 0) is 57.3 Å². The summed E-state index contributed by atoms with van der Waals surface area (Å²) in [7, 11) is 1.85. The van der Waals surface area contributed by atoms with Crippen molar-refractivity contribution in [2.75, 3.05) is 20.1 Å². The van der Waals surface area contributed by atoms with Crippen molar-refractivity contribution < 1.29 is 18.4 Å². The number of hydrogen-bond donors (Lipinski definition) is 2. The summed E-state index contributed by atoms with van der Waals surface area (Å²) < 4.78 is 27.4. The average molecular weight is 379 g/mol. The van der Waals surface area contributed by atoms with Gasteiger partial charge in [-0.2, -0.15) is 0 Å². The third-order valence-corrected chi connectivity index (χ3v) is 5.69. The smallest absolute Gasteiger partial charge is 0.257 e. The fraction of sp³-hybridized carbons (Fsp3) is 0.600. The number of carbonyl (C=O) groups is 2. The van der Waals surface area contributed by atoms with E-state index >= 15 is 0 Å². The van der Waals surface area contributed by atoms with Crippen molar-refractivity contribution in [3.63, 3.8) is 0 Å². The Morgan fingerprint density at radius 3 is 2.70 bits per heavy atom. The molecule has 2 aliphatic rings. The second-order valence-electron chi connectivity index (χ2n) is 7.45. The molecule has 2 amide bonds. The monoisotopic (exact) mass is 379 g/mol. The van der Waals surface area contributed by atoms with Gasteiger partial charge in [0.15, 0.2) is 0 Å². The number of nitrogens with one attached hydrogen (secondary N) is 2. The average Bonchev–Trinajstić information content (AvgIpc) is 3.04. The van der Waals surface area contributed by atoms with Crippen LogP contribution in [0.25, 0.3) is 0 Å². The van der Waals surface area contributed by atoms with E-state index in [1.165, 1.54) is 6.07 Å². The number of halogens is 2. The van der Waals surface area contributed by atoms with Crippen LogP contribution in [0.1, 0.15) is 48.9 Å². The minimum atomic E-state index is -0.882. The van der Waals surface area contributed by atoms with Crippen LogP contribution in [0.15, 0.2) is 18.2 Å². The van der Waals surface area contributed by atoms with Gasteiger partial charge in [0, 0.05) is 18.7 Å². The Morgan fingerprint density at radius 1 is 1.19 bits per heavy atom. The molecule has 1 saturated carbocycles. The van der Waals surface area contributed by atoms with Crippen molar-refractivity contribution >= 4 is 11.8 Å². The molecule has 7 heteroatoms. The summed E-state index contributed by atoms with van der Waals surface area (Å²) in [4.78, 5) is 27.4. The topological polar surface area (TPSA) is 61.4 Å². The van der Waals surface area contributed by atoms with Gasteiger partial charge in [0.2, 0.25) is 5.91 Å². The van der Waals surface area contributed by atoms with Gasteiger partial charge in [0.25, 0.3) is 5.91 Å². The fourth-order valence-corrected chi connectivity index (χ4v) is 4.38. The molecular weight excluding hydrogens is 352 g/mol. The quantitative estimate of drug-likeness (QED) is 0.747. The van der Waals surface area contributed by atoms with Crippen LogP contribution in [0.3, 0.4) is 0 Å². The number of carbonyl (C=O) groups excluding carboxylic acids is 2. The van der Waals surface area contributed by atoms with Gasteiger partial charge in [-0.1, -0.05) is 12.8 Å². The Morgan fingerprint density at radius 2 is 1.96 bits per heavy atom. The van der Waals surface area contributed by atoms with Gasteiger partial charge in [-0.15, -0.1) is 0 Å². The molecule has 1 aromatic rings. The summed E-state index contributed by atoms with van der Waals surface area (Å²) in [6, 6.07) is 2.32. The minimum Gasteiger partial charge on any atom is -0.354 e. The third kappa shape index (κ3) is 4.29. The molecule has 1 saturated heterocycles. The molecular formula is C20H27F2N3O2. The van der Waals surface area contributed by atoms with Crippen LogP contribution in [0.5, 0.6) is 0 Å². The molecule has 2 N–H and O–H groups in total. The van der Waals surface area contributed by atoms with Gasteiger partial charge in [-0.25, -0.2) is 8.78 Å². The zero-order valence-corrected chi connectivity index (χ0v) is 15.6. The van der Waals surface area contributed by atoms with E-state index in [1.54, 1.807) is 4.90 Å². The second kappa shape index (κ2) is 8.78. The Bertz CT molecular complexity index is 698. The summed E-state index contributed by atoms with van der Waals surface area (Å²) in [6.07, 6.45) is 5.28. The van der Waals surface area contributed by atoms with Crippen molar-refractivity contribution in [3.8, 4) is 0 Å². The number of hydrogen-bond acceptors (Lipinski definition) is 3. The first-order valence-corrected chi connectivity index (χ1v) is 9.73. The predicted molar refractivity (Wildman–Crippen MR) is 98.2 cm³/mol. The number of rotatable bonds is 6. The molecule has 0 spiro atoms. The SMILES string of the molecule is CNCCCNC(=O)C1CC2CCCCC2N1C(=O)c1ccc(F)cc1F. The first-order valence-electron chi connectivity index (χ1n) is 9.73. The highest BCUT2D eigenvalue weighted by molar-refractivity contribution is 5.98. The van der Waals surface area contributed by atoms with Crippen molar-refractivity contribution in [1.82, 2.24) is 15.5 Å². The highest BCUT2D eigenvalue weighted by Crippen LogP contribution is 2.40. The zero-order valence-electron chi connectivity index (χ0n) is 15.6. The van der Waals surface area contributed by atoms with Gasteiger partial charge < -0.3 is 15.5 Å². The Hall–Kier alpha value is -2.02. The largest absolute Gasteiger partial charge is 0.354 e. The maximum absolute atomic E-state index is 14.2. The van der Waals surface area contributed by atoms with Crippen molar-refractivity contribution in [2.45, 2.75) is 50.6 Å². The molecule has 148 valence electrons. The normalized spacial score (nSPS) is 24.6. The number of fused-ring (bicyclic) bond motifs is 1. The molecule has 0 bridgehead atoms. The van der Waals surface area contributed by atoms with E-state index in [2.05, 4.69) is 10.6 Å². The van der Waals surface area contributed by atoms with E-state index in [0.29, 0.717) is 19.0 Å². The lowest BCUT2D eigenvalue weighted by Crippen LogP contribution is -2.50.